The molecule has 4 nitrogen and oxygen atoms in total. The Balaban J connectivity index is 2.09. The zero-order valence-electron chi connectivity index (χ0n) is 12.1. The molecule has 1 aliphatic carbocycles. The van der Waals surface area contributed by atoms with Gasteiger partial charge in [0.25, 0.3) is 0 Å². The number of aromatic nitrogens is 2. The van der Waals surface area contributed by atoms with E-state index in [1.54, 1.807) is 6.20 Å². The lowest BCUT2D eigenvalue weighted by molar-refractivity contribution is -0.139. The predicted molar refractivity (Wildman–Crippen MR) is 75.1 cm³/mol. The summed E-state index contributed by atoms with van der Waals surface area (Å²) in [5.74, 6) is 0.958. The van der Waals surface area contributed by atoms with Gasteiger partial charge in [-0.15, -0.1) is 0 Å². The Bertz CT molecular complexity index is 378. The van der Waals surface area contributed by atoms with Crippen LogP contribution in [0.5, 0.6) is 0 Å². The summed E-state index contributed by atoms with van der Waals surface area (Å²) in [5, 5.41) is 10.7. The number of aliphatic hydroxyl groups is 1. The molecule has 108 valence electrons. The van der Waals surface area contributed by atoms with Gasteiger partial charge in [-0.2, -0.15) is 0 Å². The van der Waals surface area contributed by atoms with Crippen LogP contribution in [0.15, 0.2) is 12.4 Å². The summed E-state index contributed by atoms with van der Waals surface area (Å²) in [6.45, 7) is 5.66. The molecule has 0 spiro atoms. The van der Waals surface area contributed by atoms with Crippen molar-refractivity contribution >= 4 is 0 Å². The molecule has 1 saturated carbocycles. The first-order valence-corrected chi connectivity index (χ1v) is 7.54. The monoisotopic (exact) mass is 266 g/mol. The molecule has 1 aromatic heterocycles. The fraction of sp³-hybridized carbons (Fsp3) is 0.800. The summed E-state index contributed by atoms with van der Waals surface area (Å²) in [7, 11) is 0. The summed E-state index contributed by atoms with van der Waals surface area (Å²) >= 11 is 0. The van der Waals surface area contributed by atoms with Gasteiger partial charge in [-0.05, 0) is 26.7 Å². The third-order valence-corrected chi connectivity index (χ3v) is 4.26. The Hall–Kier alpha value is -0.870. The van der Waals surface area contributed by atoms with Crippen LogP contribution in [0.25, 0.3) is 0 Å². The van der Waals surface area contributed by atoms with E-state index in [0.29, 0.717) is 13.0 Å². The van der Waals surface area contributed by atoms with E-state index in [1.165, 1.54) is 6.42 Å². The minimum absolute atomic E-state index is 0.350. The Kier molecular flexibility index (Phi) is 4.99. The summed E-state index contributed by atoms with van der Waals surface area (Å²) in [4.78, 5) is 4.36. The van der Waals surface area contributed by atoms with Gasteiger partial charge in [0.1, 0.15) is 5.82 Å². The minimum Gasteiger partial charge on any atom is -0.390 e. The summed E-state index contributed by atoms with van der Waals surface area (Å²) in [6.07, 6.45) is 9.39. The second-order valence-electron chi connectivity index (χ2n) is 5.41. The van der Waals surface area contributed by atoms with E-state index in [0.717, 1.165) is 38.1 Å². The first-order chi connectivity index (χ1) is 9.22. The molecule has 1 unspecified atom stereocenters. The van der Waals surface area contributed by atoms with E-state index < -0.39 is 6.10 Å². The van der Waals surface area contributed by atoms with Crippen molar-refractivity contribution in [1.82, 2.24) is 9.55 Å². The maximum absolute atomic E-state index is 10.7. The van der Waals surface area contributed by atoms with Crippen LogP contribution in [0.3, 0.4) is 0 Å². The van der Waals surface area contributed by atoms with Crippen molar-refractivity contribution in [3.63, 3.8) is 0 Å². The lowest BCUT2D eigenvalue weighted by atomic mass is 9.79. The van der Waals surface area contributed by atoms with E-state index in [1.807, 2.05) is 13.1 Å². The van der Waals surface area contributed by atoms with Crippen LogP contribution in [-0.2, 0) is 17.7 Å². The van der Waals surface area contributed by atoms with Crippen LogP contribution in [0.1, 0.15) is 51.8 Å². The van der Waals surface area contributed by atoms with Gasteiger partial charge in [0.2, 0.25) is 0 Å². The third-order valence-electron chi connectivity index (χ3n) is 4.26. The third kappa shape index (κ3) is 3.18. The fourth-order valence-corrected chi connectivity index (χ4v) is 3.19. The van der Waals surface area contributed by atoms with Crippen LogP contribution < -0.4 is 0 Å². The normalized spacial score (nSPS) is 20.4. The van der Waals surface area contributed by atoms with Gasteiger partial charge in [0.05, 0.1) is 11.7 Å². The first kappa shape index (κ1) is 14.5. The topological polar surface area (TPSA) is 47.3 Å². The molecule has 2 rings (SSSR count). The molecule has 0 aliphatic heterocycles. The number of aliphatic hydroxyl groups excluding tert-OH is 1. The molecule has 1 heterocycles. The largest absolute Gasteiger partial charge is 0.390 e. The van der Waals surface area contributed by atoms with Gasteiger partial charge in [-0.1, -0.05) is 19.3 Å². The summed E-state index contributed by atoms with van der Waals surface area (Å²) < 4.78 is 8.06. The molecule has 19 heavy (non-hydrogen) atoms. The molecule has 1 aliphatic rings. The Labute approximate surface area is 115 Å². The van der Waals surface area contributed by atoms with E-state index in [2.05, 4.69) is 16.5 Å². The maximum atomic E-state index is 10.7. The van der Waals surface area contributed by atoms with Crippen molar-refractivity contribution in [2.45, 2.75) is 70.6 Å². The smallest absolute Gasteiger partial charge is 0.111 e. The molecular weight excluding hydrogens is 240 g/mol. The molecule has 1 fully saturated rings. The summed E-state index contributed by atoms with van der Waals surface area (Å²) in [5.41, 5.74) is -0.350. The number of imidazole rings is 1. The number of rotatable bonds is 6. The Morgan fingerprint density at radius 3 is 2.74 bits per heavy atom. The van der Waals surface area contributed by atoms with Crippen molar-refractivity contribution in [1.29, 1.82) is 0 Å². The van der Waals surface area contributed by atoms with Crippen molar-refractivity contribution in [3.05, 3.63) is 18.2 Å². The maximum Gasteiger partial charge on any atom is 0.111 e. The van der Waals surface area contributed by atoms with E-state index in [-0.39, 0.29) is 5.60 Å². The number of ether oxygens (including phenoxy) is 1. The molecule has 4 heteroatoms. The Morgan fingerprint density at radius 2 is 2.11 bits per heavy atom. The second-order valence-corrected chi connectivity index (χ2v) is 5.41. The first-order valence-electron chi connectivity index (χ1n) is 7.54. The van der Waals surface area contributed by atoms with Crippen molar-refractivity contribution in [2.24, 2.45) is 0 Å². The minimum atomic E-state index is -0.458. The zero-order valence-corrected chi connectivity index (χ0v) is 12.1. The standard InChI is InChI=1S/C15H26N2O2/c1-3-17-11-10-16-14(17)12-13(18)15(19-4-2)8-6-5-7-9-15/h10-11,13,18H,3-9,12H2,1-2H3. The average molecular weight is 266 g/mol. The quantitative estimate of drug-likeness (QED) is 0.860. The Morgan fingerprint density at radius 1 is 1.37 bits per heavy atom. The molecule has 0 aromatic carbocycles. The second kappa shape index (κ2) is 6.53. The summed E-state index contributed by atoms with van der Waals surface area (Å²) in [6, 6.07) is 0. The van der Waals surface area contributed by atoms with Crippen molar-refractivity contribution in [2.75, 3.05) is 6.61 Å². The highest BCUT2D eigenvalue weighted by Crippen LogP contribution is 2.35. The molecule has 1 atom stereocenters. The molecule has 0 bridgehead atoms. The van der Waals surface area contributed by atoms with Crippen LogP contribution in [0.2, 0.25) is 0 Å². The molecule has 0 saturated heterocycles. The van der Waals surface area contributed by atoms with Crippen LogP contribution in [0.4, 0.5) is 0 Å². The van der Waals surface area contributed by atoms with E-state index >= 15 is 0 Å². The van der Waals surface area contributed by atoms with Gasteiger partial charge in [0.15, 0.2) is 0 Å². The zero-order chi connectivity index (χ0) is 13.7. The van der Waals surface area contributed by atoms with Gasteiger partial charge in [-0.3, -0.25) is 0 Å². The predicted octanol–water partition coefficient (Wildman–Crippen LogP) is 2.55. The van der Waals surface area contributed by atoms with Crippen molar-refractivity contribution in [3.8, 4) is 0 Å². The number of hydrogen-bond donors (Lipinski definition) is 1. The molecule has 0 amide bonds. The van der Waals surface area contributed by atoms with Crippen LogP contribution in [-0.4, -0.2) is 33.0 Å². The lowest BCUT2D eigenvalue weighted by Crippen LogP contribution is -2.48. The molecule has 1 aromatic rings. The number of nitrogens with zero attached hydrogens (tertiary/aromatic N) is 2. The van der Waals surface area contributed by atoms with E-state index in [4.69, 9.17) is 4.74 Å². The molecule has 1 N–H and O–H groups in total. The van der Waals surface area contributed by atoms with Gasteiger partial charge >= 0.3 is 0 Å². The van der Waals surface area contributed by atoms with E-state index in [9.17, 15) is 5.11 Å². The molecular formula is C15H26N2O2. The van der Waals surface area contributed by atoms with Gasteiger partial charge in [-0.25, -0.2) is 4.98 Å². The van der Waals surface area contributed by atoms with Gasteiger partial charge in [0, 0.05) is 32.0 Å². The lowest BCUT2D eigenvalue weighted by Gasteiger charge is -2.40. The van der Waals surface area contributed by atoms with Crippen LogP contribution in [0, 0.1) is 0 Å². The number of hydrogen-bond acceptors (Lipinski definition) is 3. The number of aryl methyl sites for hydroxylation is 1. The van der Waals surface area contributed by atoms with Crippen molar-refractivity contribution < 1.29 is 9.84 Å². The van der Waals surface area contributed by atoms with Gasteiger partial charge < -0.3 is 14.4 Å². The van der Waals surface area contributed by atoms with Crippen LogP contribution >= 0.6 is 0 Å². The highest BCUT2D eigenvalue weighted by Gasteiger charge is 2.40. The average Bonchev–Trinajstić information content (AvgIpc) is 2.87. The highest BCUT2D eigenvalue weighted by molar-refractivity contribution is 5.00. The highest BCUT2D eigenvalue weighted by atomic mass is 16.5. The molecule has 0 radical (unpaired) electrons. The fourth-order valence-electron chi connectivity index (χ4n) is 3.19. The SMILES string of the molecule is CCOC1(C(O)Cc2nccn2CC)CCCCC1.